The molecule has 0 spiro atoms. The zero-order valence-corrected chi connectivity index (χ0v) is 18.3. The maximum atomic E-state index is 11.3. The number of carboxylic acid groups (broad SMARTS) is 1. The van der Waals surface area contributed by atoms with Crippen LogP contribution in [0.25, 0.3) is 0 Å². The molecule has 5 heteroatoms. The minimum atomic E-state index is -0.748. The zero-order valence-electron chi connectivity index (χ0n) is 18.3. The van der Waals surface area contributed by atoms with Crippen LogP contribution in [0.4, 0.5) is 0 Å². The van der Waals surface area contributed by atoms with Crippen LogP contribution in [0.1, 0.15) is 78.6 Å². The molecule has 4 rings (SSSR count). The van der Waals surface area contributed by atoms with Crippen molar-refractivity contribution >= 4 is 5.97 Å². The van der Waals surface area contributed by atoms with Crippen molar-refractivity contribution in [1.29, 1.82) is 0 Å². The standard InChI is InChI=1S/C24H40O5/c1-13(4-7-19(26)27)15-5-6-16-20-17(9-11-23(15,16)2)24(3)10-8-14(25)12-18(24)21(28)22(20)29/h13-18,20-22,25,28-29H,4-12H2,1-3H3,(H,26,27)/t13-,14-,15-,16?,17?,18+,20?,21-,22+,23-,24-/m1/s1. The predicted octanol–water partition coefficient (Wildman–Crippen LogP) is 3.45. The Morgan fingerprint density at radius 3 is 2.28 bits per heavy atom. The summed E-state index contributed by atoms with van der Waals surface area (Å²) in [5.41, 5.74) is 0.119. The molecule has 0 aromatic carbocycles. The highest BCUT2D eigenvalue weighted by molar-refractivity contribution is 5.66. The highest BCUT2D eigenvalue weighted by atomic mass is 16.4. The second-order valence-corrected chi connectivity index (χ2v) is 11.5. The van der Waals surface area contributed by atoms with Crippen molar-refractivity contribution in [2.45, 2.75) is 96.9 Å². The number of carbonyl (C=O) groups is 1. The van der Waals surface area contributed by atoms with Crippen LogP contribution in [0, 0.1) is 46.3 Å². The average molecular weight is 409 g/mol. The average Bonchev–Trinajstić information content (AvgIpc) is 3.02. The minimum Gasteiger partial charge on any atom is -0.481 e. The van der Waals surface area contributed by atoms with Gasteiger partial charge in [-0.3, -0.25) is 4.79 Å². The van der Waals surface area contributed by atoms with Crippen LogP contribution >= 0.6 is 0 Å². The molecule has 166 valence electrons. The maximum Gasteiger partial charge on any atom is 0.303 e. The van der Waals surface area contributed by atoms with Gasteiger partial charge in [0.25, 0.3) is 0 Å². The lowest BCUT2D eigenvalue weighted by Gasteiger charge is -2.63. The highest BCUT2D eigenvalue weighted by Gasteiger charge is 2.65. The molecule has 29 heavy (non-hydrogen) atoms. The molecule has 0 saturated heterocycles. The van der Waals surface area contributed by atoms with E-state index in [1.54, 1.807) is 0 Å². The highest BCUT2D eigenvalue weighted by Crippen LogP contribution is 2.68. The molecule has 3 unspecified atom stereocenters. The Bertz CT molecular complexity index is 637. The van der Waals surface area contributed by atoms with Crippen LogP contribution in [-0.4, -0.2) is 44.7 Å². The fourth-order valence-electron chi connectivity index (χ4n) is 8.77. The molecule has 0 amide bonds. The summed E-state index contributed by atoms with van der Waals surface area (Å²) in [4.78, 5) is 11.1. The van der Waals surface area contributed by atoms with Gasteiger partial charge in [-0.25, -0.2) is 0 Å². The van der Waals surface area contributed by atoms with Crippen molar-refractivity contribution in [1.82, 2.24) is 0 Å². The molecule has 0 radical (unpaired) electrons. The lowest BCUT2D eigenvalue weighted by molar-refractivity contribution is -0.223. The van der Waals surface area contributed by atoms with Crippen molar-refractivity contribution in [3.05, 3.63) is 0 Å². The van der Waals surface area contributed by atoms with E-state index in [1.807, 2.05) is 0 Å². The third-order valence-electron chi connectivity index (χ3n) is 10.3. The van der Waals surface area contributed by atoms with Gasteiger partial charge in [0.2, 0.25) is 0 Å². The number of aliphatic hydroxyl groups excluding tert-OH is 3. The summed E-state index contributed by atoms with van der Waals surface area (Å²) < 4.78 is 0. The lowest BCUT2D eigenvalue weighted by atomic mass is 9.43. The molecule has 4 aliphatic carbocycles. The number of fused-ring (bicyclic) bond motifs is 5. The van der Waals surface area contributed by atoms with Crippen molar-refractivity contribution in [2.75, 3.05) is 0 Å². The largest absolute Gasteiger partial charge is 0.481 e. The molecule has 4 fully saturated rings. The van der Waals surface area contributed by atoms with E-state index in [-0.39, 0.29) is 35.2 Å². The number of hydrogen-bond acceptors (Lipinski definition) is 4. The van der Waals surface area contributed by atoms with Crippen LogP contribution in [-0.2, 0) is 4.79 Å². The second kappa shape index (κ2) is 7.49. The van der Waals surface area contributed by atoms with Gasteiger partial charge in [-0.1, -0.05) is 20.8 Å². The molecular weight excluding hydrogens is 368 g/mol. The smallest absolute Gasteiger partial charge is 0.303 e. The van der Waals surface area contributed by atoms with Crippen molar-refractivity contribution in [2.24, 2.45) is 46.3 Å². The summed E-state index contributed by atoms with van der Waals surface area (Å²) in [5.74, 6) is 1.06. The molecule has 0 aliphatic heterocycles. The number of carboxylic acids is 1. The summed E-state index contributed by atoms with van der Waals surface area (Å²) >= 11 is 0. The van der Waals surface area contributed by atoms with Crippen molar-refractivity contribution in [3.8, 4) is 0 Å². The molecule has 4 saturated carbocycles. The van der Waals surface area contributed by atoms with Gasteiger partial charge in [0.15, 0.2) is 0 Å². The molecule has 5 nitrogen and oxygen atoms in total. The first-order valence-corrected chi connectivity index (χ1v) is 11.9. The first-order valence-electron chi connectivity index (χ1n) is 11.9. The summed E-state index contributed by atoms with van der Waals surface area (Å²) in [6.45, 7) is 6.89. The summed E-state index contributed by atoms with van der Waals surface area (Å²) in [6, 6.07) is 0. The van der Waals surface area contributed by atoms with E-state index in [0.717, 1.165) is 44.9 Å². The molecular formula is C24H40O5. The number of hydrogen-bond donors (Lipinski definition) is 4. The number of rotatable bonds is 4. The minimum absolute atomic E-state index is 0.00309. The van der Waals surface area contributed by atoms with Gasteiger partial charge < -0.3 is 20.4 Å². The Balaban J connectivity index is 1.59. The maximum absolute atomic E-state index is 11.3. The topological polar surface area (TPSA) is 98.0 Å². The van der Waals surface area contributed by atoms with Gasteiger partial charge in [0.05, 0.1) is 18.3 Å². The number of aliphatic hydroxyl groups is 3. The zero-order chi connectivity index (χ0) is 21.1. The Morgan fingerprint density at radius 1 is 0.931 bits per heavy atom. The Labute approximate surface area is 174 Å². The fourth-order valence-corrected chi connectivity index (χ4v) is 8.77. The van der Waals surface area contributed by atoms with E-state index in [2.05, 4.69) is 20.8 Å². The van der Waals surface area contributed by atoms with Crippen molar-refractivity contribution < 1.29 is 25.2 Å². The van der Waals surface area contributed by atoms with Gasteiger partial charge >= 0.3 is 5.97 Å². The van der Waals surface area contributed by atoms with Crippen LogP contribution in [0.15, 0.2) is 0 Å². The van der Waals surface area contributed by atoms with Crippen LogP contribution in [0.5, 0.6) is 0 Å². The molecule has 0 bridgehead atoms. The van der Waals surface area contributed by atoms with Gasteiger partial charge in [0.1, 0.15) is 0 Å². The molecule has 11 atom stereocenters. The second-order valence-electron chi connectivity index (χ2n) is 11.5. The normalized spacial score (nSPS) is 52.9. The Hall–Kier alpha value is -0.650. The third-order valence-corrected chi connectivity index (χ3v) is 10.3. The molecule has 4 N–H and O–H groups in total. The first-order chi connectivity index (χ1) is 13.6. The molecule has 0 aromatic rings. The van der Waals surface area contributed by atoms with Crippen LogP contribution in [0.3, 0.4) is 0 Å². The first kappa shape index (κ1) is 21.6. The monoisotopic (exact) mass is 408 g/mol. The summed E-state index contributed by atoms with van der Waals surface area (Å²) in [7, 11) is 0. The molecule has 4 aliphatic rings. The Kier molecular flexibility index (Phi) is 5.57. The Morgan fingerprint density at radius 2 is 1.59 bits per heavy atom. The summed E-state index contributed by atoms with van der Waals surface area (Å²) in [6.07, 6.45) is 5.87. The number of aliphatic carboxylic acids is 1. The van der Waals surface area contributed by atoms with Crippen molar-refractivity contribution in [3.63, 3.8) is 0 Å². The van der Waals surface area contributed by atoms with E-state index in [4.69, 9.17) is 5.11 Å². The van der Waals surface area contributed by atoms with E-state index in [9.17, 15) is 20.1 Å². The van der Waals surface area contributed by atoms with E-state index >= 15 is 0 Å². The van der Waals surface area contributed by atoms with Crippen LogP contribution in [0.2, 0.25) is 0 Å². The molecule has 0 heterocycles. The quantitative estimate of drug-likeness (QED) is 0.571. The fraction of sp³-hybridized carbons (Fsp3) is 0.958. The van der Waals surface area contributed by atoms with E-state index < -0.39 is 18.2 Å². The van der Waals surface area contributed by atoms with Gasteiger partial charge in [-0.2, -0.15) is 0 Å². The van der Waals surface area contributed by atoms with Gasteiger partial charge in [-0.05, 0) is 97.7 Å². The predicted molar refractivity (Wildman–Crippen MR) is 110 cm³/mol. The van der Waals surface area contributed by atoms with E-state index in [0.29, 0.717) is 30.1 Å². The lowest BCUT2D eigenvalue weighted by Crippen LogP contribution is -2.64. The van der Waals surface area contributed by atoms with E-state index in [1.165, 1.54) is 0 Å². The van der Waals surface area contributed by atoms with Crippen LogP contribution < -0.4 is 0 Å². The third kappa shape index (κ3) is 3.27. The van der Waals surface area contributed by atoms with Gasteiger partial charge in [-0.15, -0.1) is 0 Å². The summed E-state index contributed by atoms with van der Waals surface area (Å²) in [5, 5.41) is 41.7. The SMILES string of the molecule is C[C@H](CCC(=O)O)[C@H]1CCC2C3C(CC[C@@]21C)[C@@]1(C)CC[C@@H](O)C[C@H]1[C@@H](O)[C@H]3O. The van der Waals surface area contributed by atoms with Gasteiger partial charge in [0, 0.05) is 6.42 Å². The molecule has 0 aromatic heterocycles.